The van der Waals surface area contributed by atoms with Crippen LogP contribution >= 0.6 is 23.2 Å². The Balaban J connectivity index is 2.19. The normalized spacial score (nSPS) is 12.8. The summed E-state index contributed by atoms with van der Waals surface area (Å²) in [5.74, 6) is 0.456. The minimum absolute atomic E-state index is 0.266. The maximum atomic E-state index is 12.5. The molecular formula is C17H19Cl2NO3S. The van der Waals surface area contributed by atoms with Crippen LogP contribution in [0.4, 0.5) is 0 Å². The zero-order valence-electron chi connectivity index (χ0n) is 13.4. The molecular weight excluding hydrogens is 369 g/mol. The quantitative estimate of drug-likeness (QED) is 0.756. The monoisotopic (exact) mass is 387 g/mol. The number of rotatable bonds is 7. The van der Waals surface area contributed by atoms with E-state index in [1.165, 1.54) is 0 Å². The lowest BCUT2D eigenvalue weighted by Gasteiger charge is -2.18. The number of ether oxygens (including phenoxy) is 1. The maximum Gasteiger partial charge on any atom is 0.216 e. The lowest BCUT2D eigenvalue weighted by molar-refractivity contribution is 0.414. The Labute approximate surface area is 152 Å². The summed E-state index contributed by atoms with van der Waals surface area (Å²) in [4.78, 5) is 0. The van der Waals surface area contributed by atoms with Crippen molar-refractivity contribution in [3.05, 3.63) is 63.6 Å². The van der Waals surface area contributed by atoms with Gasteiger partial charge in [-0.05, 0) is 36.2 Å². The zero-order chi connectivity index (χ0) is 17.7. The number of hydrogen-bond donors (Lipinski definition) is 1. The zero-order valence-corrected chi connectivity index (χ0v) is 15.8. The highest BCUT2D eigenvalue weighted by Crippen LogP contribution is 2.27. The van der Waals surface area contributed by atoms with Crippen molar-refractivity contribution in [3.8, 4) is 5.75 Å². The van der Waals surface area contributed by atoms with Crippen molar-refractivity contribution in [3.63, 3.8) is 0 Å². The Kier molecular flexibility index (Phi) is 6.52. The molecule has 0 fully saturated rings. The second-order valence-corrected chi connectivity index (χ2v) is 7.88. The average molecular weight is 388 g/mol. The fourth-order valence-electron chi connectivity index (χ4n) is 2.34. The maximum absolute atomic E-state index is 12.5. The molecule has 0 aromatic heterocycles. The molecule has 2 rings (SSSR count). The largest absolute Gasteiger partial charge is 0.497 e. The lowest BCUT2D eigenvalue weighted by atomic mass is 10.1. The molecule has 0 aliphatic heterocycles. The van der Waals surface area contributed by atoms with Crippen LogP contribution in [-0.4, -0.2) is 15.5 Å². The first-order valence-electron chi connectivity index (χ1n) is 7.43. The molecule has 0 aliphatic carbocycles. The minimum Gasteiger partial charge on any atom is -0.497 e. The van der Waals surface area contributed by atoms with E-state index in [1.807, 2.05) is 19.1 Å². The van der Waals surface area contributed by atoms with Gasteiger partial charge < -0.3 is 4.74 Å². The number of nitrogens with one attached hydrogen (secondary N) is 1. The molecule has 1 N–H and O–H groups in total. The van der Waals surface area contributed by atoms with Crippen LogP contribution in [0.25, 0.3) is 0 Å². The molecule has 1 atom stereocenters. The van der Waals surface area contributed by atoms with Gasteiger partial charge in [0.2, 0.25) is 10.0 Å². The van der Waals surface area contributed by atoms with Crippen LogP contribution in [-0.2, 0) is 15.8 Å². The van der Waals surface area contributed by atoms with Crippen LogP contribution in [0, 0.1) is 0 Å². The molecule has 0 amide bonds. The topological polar surface area (TPSA) is 55.4 Å². The van der Waals surface area contributed by atoms with Gasteiger partial charge in [-0.3, -0.25) is 0 Å². The van der Waals surface area contributed by atoms with Crippen LogP contribution in [0.1, 0.15) is 30.5 Å². The first-order valence-corrected chi connectivity index (χ1v) is 9.84. The van der Waals surface area contributed by atoms with Crippen LogP contribution in [0.3, 0.4) is 0 Å². The average Bonchev–Trinajstić information content (AvgIpc) is 2.56. The Morgan fingerprint density at radius 1 is 1.08 bits per heavy atom. The molecule has 2 aromatic rings. The minimum atomic E-state index is -3.60. The van der Waals surface area contributed by atoms with Gasteiger partial charge in [-0.25, -0.2) is 13.1 Å². The summed E-state index contributed by atoms with van der Waals surface area (Å²) in [5.41, 5.74) is 1.27. The molecule has 7 heteroatoms. The van der Waals surface area contributed by atoms with E-state index in [0.29, 0.717) is 22.0 Å². The van der Waals surface area contributed by atoms with E-state index >= 15 is 0 Å². The van der Waals surface area contributed by atoms with Gasteiger partial charge in [-0.2, -0.15) is 0 Å². The highest BCUT2D eigenvalue weighted by molar-refractivity contribution is 7.88. The number of sulfonamides is 1. The standard InChI is InChI=1S/C17H19Cl2NO3S/c1-3-17(12-7-9-13(23-2)10-8-12)20-24(21,22)11-14-15(18)5-4-6-16(14)19/h4-10,17,20H,3,11H2,1-2H3/t17-/m1/s1. The van der Waals surface area contributed by atoms with Crippen molar-refractivity contribution in [1.82, 2.24) is 4.72 Å². The first kappa shape index (κ1) is 19.1. The Morgan fingerprint density at radius 3 is 2.17 bits per heavy atom. The predicted molar refractivity (Wildman–Crippen MR) is 98.2 cm³/mol. The van der Waals surface area contributed by atoms with Gasteiger partial charge >= 0.3 is 0 Å². The highest BCUT2D eigenvalue weighted by Gasteiger charge is 2.21. The smallest absolute Gasteiger partial charge is 0.216 e. The predicted octanol–water partition coefficient (Wildman–Crippen LogP) is 4.57. The summed E-state index contributed by atoms with van der Waals surface area (Å²) < 4.78 is 32.9. The van der Waals surface area contributed by atoms with Crippen LogP contribution < -0.4 is 9.46 Å². The summed E-state index contributed by atoms with van der Waals surface area (Å²) >= 11 is 12.1. The molecule has 0 saturated heterocycles. The highest BCUT2D eigenvalue weighted by atomic mass is 35.5. The summed E-state index contributed by atoms with van der Waals surface area (Å²) in [7, 11) is -2.02. The molecule has 2 aromatic carbocycles. The van der Waals surface area contributed by atoms with E-state index in [-0.39, 0.29) is 11.8 Å². The second-order valence-electron chi connectivity index (χ2n) is 5.31. The van der Waals surface area contributed by atoms with Gasteiger partial charge in [0.25, 0.3) is 0 Å². The molecule has 0 bridgehead atoms. The van der Waals surface area contributed by atoms with Crippen molar-refractivity contribution in [2.45, 2.75) is 25.1 Å². The number of methoxy groups -OCH3 is 1. The fourth-order valence-corrected chi connectivity index (χ4v) is 4.54. The Morgan fingerprint density at radius 2 is 1.67 bits per heavy atom. The van der Waals surface area contributed by atoms with Gasteiger partial charge in [0.1, 0.15) is 5.75 Å². The van der Waals surface area contributed by atoms with E-state index in [0.717, 1.165) is 11.3 Å². The Hall–Kier alpha value is -1.27. The van der Waals surface area contributed by atoms with E-state index < -0.39 is 10.0 Å². The molecule has 0 heterocycles. The van der Waals surface area contributed by atoms with Crippen molar-refractivity contribution in [2.24, 2.45) is 0 Å². The third-order valence-corrected chi connectivity index (χ3v) is 5.66. The molecule has 0 radical (unpaired) electrons. The van der Waals surface area contributed by atoms with Crippen molar-refractivity contribution in [2.75, 3.05) is 7.11 Å². The van der Waals surface area contributed by atoms with E-state index in [9.17, 15) is 8.42 Å². The van der Waals surface area contributed by atoms with Crippen LogP contribution in [0.5, 0.6) is 5.75 Å². The van der Waals surface area contributed by atoms with Gasteiger partial charge in [0.15, 0.2) is 0 Å². The van der Waals surface area contributed by atoms with Crippen molar-refractivity contribution >= 4 is 33.2 Å². The summed E-state index contributed by atoms with van der Waals surface area (Å²) in [6, 6.07) is 11.9. The van der Waals surface area contributed by atoms with Gasteiger partial charge in [0, 0.05) is 21.7 Å². The molecule has 0 unspecified atom stereocenters. The van der Waals surface area contributed by atoms with E-state index in [2.05, 4.69) is 4.72 Å². The summed E-state index contributed by atoms with van der Waals surface area (Å²) in [6.45, 7) is 1.92. The molecule has 0 saturated carbocycles. The number of hydrogen-bond acceptors (Lipinski definition) is 3. The summed E-state index contributed by atoms with van der Waals surface area (Å²) in [5, 5.41) is 0.677. The Bertz CT molecular complexity index is 772. The van der Waals surface area contributed by atoms with E-state index in [4.69, 9.17) is 27.9 Å². The van der Waals surface area contributed by atoms with E-state index in [1.54, 1.807) is 37.4 Å². The summed E-state index contributed by atoms with van der Waals surface area (Å²) in [6.07, 6.45) is 0.613. The van der Waals surface area contributed by atoms with Crippen LogP contribution in [0.2, 0.25) is 10.0 Å². The van der Waals surface area contributed by atoms with Gasteiger partial charge in [-0.15, -0.1) is 0 Å². The molecule has 4 nitrogen and oxygen atoms in total. The van der Waals surface area contributed by atoms with Gasteiger partial charge in [0.05, 0.1) is 12.9 Å². The van der Waals surface area contributed by atoms with Crippen molar-refractivity contribution in [1.29, 1.82) is 0 Å². The molecule has 0 aliphatic rings. The molecule has 24 heavy (non-hydrogen) atoms. The van der Waals surface area contributed by atoms with Gasteiger partial charge in [-0.1, -0.05) is 48.3 Å². The lowest BCUT2D eigenvalue weighted by Crippen LogP contribution is -2.29. The SMILES string of the molecule is CC[C@@H](NS(=O)(=O)Cc1c(Cl)cccc1Cl)c1ccc(OC)cc1. The van der Waals surface area contributed by atoms with Crippen molar-refractivity contribution < 1.29 is 13.2 Å². The third-order valence-electron chi connectivity index (χ3n) is 3.64. The number of halogens is 2. The third kappa shape index (κ3) is 4.86. The molecule has 0 spiro atoms. The fraction of sp³-hybridized carbons (Fsp3) is 0.294. The molecule has 130 valence electrons. The first-order chi connectivity index (χ1) is 11.4. The second kappa shape index (κ2) is 8.21. The van der Waals surface area contributed by atoms with Crippen LogP contribution in [0.15, 0.2) is 42.5 Å². The number of benzene rings is 2.